The highest BCUT2D eigenvalue weighted by Crippen LogP contribution is 2.42. The molecule has 0 spiro atoms. The summed E-state index contributed by atoms with van der Waals surface area (Å²) in [6.45, 7) is 9.39. The Balaban J connectivity index is 1.24. The van der Waals surface area contributed by atoms with E-state index in [2.05, 4.69) is 65.1 Å². The summed E-state index contributed by atoms with van der Waals surface area (Å²) < 4.78 is 1.89. The van der Waals surface area contributed by atoms with Crippen LogP contribution in [0, 0.1) is 0 Å². The lowest BCUT2D eigenvalue weighted by Crippen LogP contribution is -2.58. The molecule has 7 nitrogen and oxygen atoms in total. The van der Waals surface area contributed by atoms with Crippen LogP contribution in [0.1, 0.15) is 55.2 Å². The van der Waals surface area contributed by atoms with Crippen molar-refractivity contribution in [3.8, 4) is 0 Å². The van der Waals surface area contributed by atoms with Gasteiger partial charge >= 0.3 is 0 Å². The van der Waals surface area contributed by atoms with Crippen LogP contribution in [-0.4, -0.2) is 55.9 Å². The van der Waals surface area contributed by atoms with Crippen LogP contribution < -0.4 is 4.90 Å². The second-order valence-electron chi connectivity index (χ2n) is 9.15. The van der Waals surface area contributed by atoms with E-state index in [1.54, 1.807) is 0 Å². The topological polar surface area (TPSA) is 62.5 Å². The Kier molecular flexibility index (Phi) is 4.17. The number of thiazole rings is 1. The number of fused-ring (bicyclic) bond motifs is 1. The fourth-order valence-corrected chi connectivity index (χ4v) is 4.78. The summed E-state index contributed by atoms with van der Waals surface area (Å²) in [5.41, 5.74) is 0.719. The number of aromatic nitrogens is 5. The van der Waals surface area contributed by atoms with Gasteiger partial charge < -0.3 is 4.90 Å². The Morgan fingerprint density at radius 1 is 1.18 bits per heavy atom. The van der Waals surface area contributed by atoms with Crippen LogP contribution in [-0.2, 0) is 12.0 Å². The second-order valence-corrected chi connectivity index (χ2v) is 10.3. The third-order valence-electron chi connectivity index (χ3n) is 5.63. The van der Waals surface area contributed by atoms with Crippen molar-refractivity contribution >= 4 is 22.8 Å². The maximum atomic E-state index is 4.82. The van der Waals surface area contributed by atoms with E-state index in [-0.39, 0.29) is 5.41 Å². The molecule has 0 atom stereocenters. The first-order valence-electron chi connectivity index (χ1n) is 10.0. The number of hydrogen-bond acceptors (Lipinski definition) is 7. The molecule has 0 unspecified atom stereocenters. The van der Waals surface area contributed by atoms with E-state index in [0.29, 0.717) is 6.04 Å². The van der Waals surface area contributed by atoms with Crippen LogP contribution in [0.25, 0.3) is 5.65 Å². The molecular weight excluding hydrogens is 370 g/mol. The molecule has 1 saturated heterocycles. The molecule has 3 aromatic rings. The Hall–Kier alpha value is -2.06. The van der Waals surface area contributed by atoms with Crippen molar-refractivity contribution in [3.63, 3.8) is 0 Å². The quantitative estimate of drug-likeness (QED) is 0.659. The molecule has 0 radical (unpaired) electrons. The lowest BCUT2D eigenvalue weighted by molar-refractivity contribution is 0.198. The molecule has 2 fully saturated rings. The number of hydrogen-bond donors (Lipinski definition) is 0. The summed E-state index contributed by atoms with van der Waals surface area (Å²) >= 11 is 1.89. The van der Waals surface area contributed by atoms with Gasteiger partial charge in [-0.2, -0.15) is 4.52 Å². The minimum absolute atomic E-state index is 0.0865. The summed E-state index contributed by atoms with van der Waals surface area (Å²) in [7, 11) is 2.21. The normalized spacial score (nSPS) is 18.2. The van der Waals surface area contributed by atoms with Gasteiger partial charge in [0.1, 0.15) is 5.82 Å². The molecule has 1 aliphatic heterocycles. The van der Waals surface area contributed by atoms with E-state index in [1.165, 1.54) is 22.7 Å². The average molecular weight is 398 g/mol. The summed E-state index contributed by atoms with van der Waals surface area (Å²) in [5, 5.41) is 14.8. The Morgan fingerprint density at radius 2 is 1.96 bits per heavy atom. The fraction of sp³-hybridized carbons (Fsp3) is 0.600. The van der Waals surface area contributed by atoms with Gasteiger partial charge in [0.2, 0.25) is 0 Å². The Labute approximate surface area is 169 Å². The molecule has 4 heterocycles. The van der Waals surface area contributed by atoms with Crippen molar-refractivity contribution in [2.75, 3.05) is 25.0 Å². The summed E-state index contributed by atoms with van der Waals surface area (Å²) in [6.07, 6.45) is 4.71. The van der Waals surface area contributed by atoms with Gasteiger partial charge in [-0.3, -0.25) is 4.90 Å². The number of nitrogens with zero attached hydrogens (tertiary/aromatic N) is 7. The zero-order valence-corrected chi connectivity index (χ0v) is 17.8. The lowest BCUT2D eigenvalue weighted by Gasteiger charge is -2.44. The number of rotatable bonds is 5. The number of anilines is 1. The fourth-order valence-electron chi connectivity index (χ4n) is 3.63. The van der Waals surface area contributed by atoms with Crippen LogP contribution >= 0.6 is 11.3 Å². The van der Waals surface area contributed by atoms with Crippen molar-refractivity contribution < 1.29 is 0 Å². The maximum absolute atomic E-state index is 4.82. The van der Waals surface area contributed by atoms with Crippen LogP contribution in [0.3, 0.4) is 0 Å². The summed E-state index contributed by atoms with van der Waals surface area (Å²) in [6, 6.07) is 4.61. The van der Waals surface area contributed by atoms with Crippen molar-refractivity contribution in [1.29, 1.82) is 0 Å². The third-order valence-corrected chi connectivity index (χ3v) is 6.78. The molecule has 1 saturated carbocycles. The van der Waals surface area contributed by atoms with Crippen LogP contribution in [0.2, 0.25) is 0 Å². The number of likely N-dealkylation sites (N-methyl/N-ethyl adjacent to an activating group) is 1. The van der Waals surface area contributed by atoms with Gasteiger partial charge in [0.25, 0.3) is 0 Å². The molecule has 1 aliphatic carbocycles. The van der Waals surface area contributed by atoms with Gasteiger partial charge in [-0.25, -0.2) is 4.98 Å². The predicted octanol–water partition coefficient (Wildman–Crippen LogP) is 3.08. The highest BCUT2D eigenvalue weighted by molar-refractivity contribution is 7.11. The van der Waals surface area contributed by atoms with Crippen molar-refractivity contribution in [2.45, 2.75) is 57.5 Å². The Morgan fingerprint density at radius 3 is 2.68 bits per heavy atom. The molecular formula is C20H27N7S. The van der Waals surface area contributed by atoms with Gasteiger partial charge in [0.05, 0.1) is 5.01 Å². The average Bonchev–Trinajstić information content (AvgIpc) is 3.18. The minimum Gasteiger partial charge on any atom is -0.352 e. The molecule has 0 N–H and O–H groups in total. The molecule has 0 bridgehead atoms. The zero-order valence-electron chi connectivity index (χ0n) is 17.0. The maximum Gasteiger partial charge on any atom is 0.178 e. The van der Waals surface area contributed by atoms with E-state index < -0.39 is 0 Å². The molecule has 0 amide bonds. The van der Waals surface area contributed by atoms with E-state index in [1.807, 2.05) is 21.9 Å². The molecule has 0 aromatic carbocycles. The summed E-state index contributed by atoms with van der Waals surface area (Å²) in [4.78, 5) is 10.8. The third kappa shape index (κ3) is 3.28. The molecule has 8 heteroatoms. The first-order valence-corrected chi connectivity index (χ1v) is 10.8. The van der Waals surface area contributed by atoms with Crippen LogP contribution in [0.4, 0.5) is 5.82 Å². The molecule has 5 rings (SSSR count). The van der Waals surface area contributed by atoms with E-state index in [9.17, 15) is 0 Å². The first-order chi connectivity index (χ1) is 13.4. The standard InChI is InChI=1S/C20H27N7S/c1-20(2,3)19-23-22-16-7-8-17(24-27(16)19)26-10-14(11-26)25(4)12-15-9-21-18(28-15)13-5-6-13/h7-9,13-14H,5-6,10-12H2,1-4H3. The van der Waals surface area contributed by atoms with Gasteiger partial charge in [-0.15, -0.1) is 26.6 Å². The largest absolute Gasteiger partial charge is 0.352 e. The second kappa shape index (κ2) is 6.49. The van der Waals surface area contributed by atoms with Crippen LogP contribution in [0.5, 0.6) is 0 Å². The summed E-state index contributed by atoms with van der Waals surface area (Å²) in [5.74, 6) is 2.64. The van der Waals surface area contributed by atoms with Crippen molar-refractivity contribution in [2.24, 2.45) is 0 Å². The first kappa shape index (κ1) is 18.0. The van der Waals surface area contributed by atoms with Crippen molar-refractivity contribution in [1.82, 2.24) is 29.7 Å². The molecule has 2 aliphatic rings. The SMILES string of the molecule is CN(Cc1cnc(C2CC2)s1)C1CN(c2ccc3nnc(C(C)(C)C)n3n2)C1. The van der Waals surface area contributed by atoms with E-state index in [4.69, 9.17) is 5.10 Å². The van der Waals surface area contributed by atoms with Gasteiger partial charge in [0, 0.05) is 48.1 Å². The zero-order chi connectivity index (χ0) is 19.5. The Bertz CT molecular complexity index is 992. The van der Waals surface area contributed by atoms with E-state index in [0.717, 1.165) is 42.8 Å². The molecule has 148 valence electrons. The minimum atomic E-state index is -0.0865. The van der Waals surface area contributed by atoms with Gasteiger partial charge in [-0.1, -0.05) is 20.8 Å². The lowest BCUT2D eigenvalue weighted by atomic mass is 9.96. The molecule has 3 aromatic heterocycles. The highest BCUT2D eigenvalue weighted by Gasteiger charge is 2.32. The van der Waals surface area contributed by atoms with E-state index >= 15 is 0 Å². The monoisotopic (exact) mass is 397 g/mol. The van der Waals surface area contributed by atoms with Crippen molar-refractivity contribution in [3.05, 3.63) is 34.0 Å². The van der Waals surface area contributed by atoms with Gasteiger partial charge in [-0.05, 0) is 32.0 Å². The molecule has 28 heavy (non-hydrogen) atoms. The smallest absolute Gasteiger partial charge is 0.178 e. The predicted molar refractivity (Wildman–Crippen MR) is 111 cm³/mol. The highest BCUT2D eigenvalue weighted by atomic mass is 32.1. The van der Waals surface area contributed by atoms with Crippen LogP contribution in [0.15, 0.2) is 18.3 Å². The van der Waals surface area contributed by atoms with Gasteiger partial charge in [0.15, 0.2) is 11.5 Å².